The van der Waals surface area contributed by atoms with E-state index in [1.807, 2.05) is 54.6 Å². The van der Waals surface area contributed by atoms with Gasteiger partial charge in [-0.25, -0.2) is 4.98 Å². The predicted molar refractivity (Wildman–Crippen MR) is 166 cm³/mol. The van der Waals surface area contributed by atoms with E-state index in [1.165, 1.54) is 4.90 Å². The third-order valence-corrected chi connectivity index (χ3v) is 7.62. The van der Waals surface area contributed by atoms with Crippen molar-refractivity contribution in [3.63, 3.8) is 0 Å². The molecule has 3 aromatic carbocycles. The van der Waals surface area contributed by atoms with Crippen molar-refractivity contribution in [3.05, 3.63) is 77.9 Å². The molecule has 1 aromatic heterocycles. The van der Waals surface area contributed by atoms with Crippen LogP contribution >= 0.6 is 0 Å². The predicted octanol–water partition coefficient (Wildman–Crippen LogP) is 3.07. The lowest BCUT2D eigenvalue weighted by atomic mass is 9.99. The molecule has 0 bridgehead atoms. The Morgan fingerprint density at radius 2 is 1.71 bits per heavy atom. The molecule has 4 aromatic rings. The molecule has 0 aliphatic carbocycles. The summed E-state index contributed by atoms with van der Waals surface area (Å²) in [6.45, 7) is 3.52. The second-order valence-electron chi connectivity index (χ2n) is 10.8. The maximum atomic E-state index is 13.4. The highest BCUT2D eigenvalue weighted by Gasteiger charge is 2.25. The minimum Gasteiger partial charge on any atom is -0.496 e. The average Bonchev–Trinajstić information content (AvgIpc) is 3.00. The van der Waals surface area contributed by atoms with E-state index in [-0.39, 0.29) is 17.8 Å². The number of aromatic nitrogens is 2. The highest BCUT2D eigenvalue weighted by molar-refractivity contribution is 6.02. The molecule has 5 rings (SSSR count). The number of nitrogens with one attached hydrogen (secondary N) is 1. The molecule has 10 nitrogen and oxygen atoms in total. The van der Waals surface area contributed by atoms with Gasteiger partial charge in [0.15, 0.2) is 0 Å². The zero-order valence-electron chi connectivity index (χ0n) is 24.5. The average molecular weight is 568 g/mol. The van der Waals surface area contributed by atoms with Crippen molar-refractivity contribution in [2.45, 2.75) is 12.5 Å². The zero-order chi connectivity index (χ0) is 29.8. The van der Waals surface area contributed by atoms with Gasteiger partial charge in [0.1, 0.15) is 17.6 Å². The number of likely N-dealkylation sites (N-methyl/N-ethyl adjacent to an activating group) is 2. The van der Waals surface area contributed by atoms with E-state index >= 15 is 0 Å². The van der Waals surface area contributed by atoms with Crippen molar-refractivity contribution in [2.75, 3.05) is 65.1 Å². The lowest BCUT2D eigenvalue weighted by Gasteiger charge is -2.33. The normalized spacial score (nSPS) is 14.4. The van der Waals surface area contributed by atoms with Crippen LogP contribution in [0.1, 0.15) is 15.9 Å². The van der Waals surface area contributed by atoms with Gasteiger partial charge >= 0.3 is 0 Å². The molecule has 42 heavy (non-hydrogen) atoms. The first-order valence-electron chi connectivity index (χ1n) is 14.0. The number of hydrogen-bond acceptors (Lipinski definition) is 8. The molecule has 1 saturated heterocycles. The van der Waals surface area contributed by atoms with Crippen molar-refractivity contribution in [1.29, 1.82) is 0 Å². The molecule has 2 heterocycles. The Hall–Kier alpha value is -4.70. The van der Waals surface area contributed by atoms with E-state index in [2.05, 4.69) is 32.1 Å². The first-order chi connectivity index (χ1) is 20.2. The molecule has 1 aliphatic rings. The Bertz CT molecular complexity index is 1580. The second kappa shape index (κ2) is 12.4. The summed E-state index contributed by atoms with van der Waals surface area (Å²) in [5.74, 6) is 1.17. The Kier molecular flexibility index (Phi) is 8.53. The molecule has 1 fully saturated rings. The van der Waals surface area contributed by atoms with Gasteiger partial charge in [-0.1, -0.05) is 42.5 Å². The number of piperazine rings is 1. The van der Waals surface area contributed by atoms with E-state index in [0.717, 1.165) is 59.8 Å². The number of carbonyl (C=O) groups excluding carboxylic acids is 2. The van der Waals surface area contributed by atoms with Gasteiger partial charge in [0.05, 0.1) is 12.6 Å². The largest absolute Gasteiger partial charge is 0.496 e. The van der Waals surface area contributed by atoms with Crippen molar-refractivity contribution in [1.82, 2.24) is 25.1 Å². The smallest absolute Gasteiger partial charge is 0.252 e. The molecule has 1 unspecified atom stereocenters. The van der Waals surface area contributed by atoms with E-state index in [4.69, 9.17) is 10.5 Å². The SMILES string of the molecule is COc1ccccc1-c1ccc(CC(NC(=O)c2ccc3c(N4CCN(C)CC4)nc(N)nc3c2)C(=O)N(C)C)cc1. The number of nitrogens with zero attached hydrogens (tertiary/aromatic N) is 5. The molecular weight excluding hydrogens is 530 g/mol. The third-order valence-electron chi connectivity index (χ3n) is 7.62. The number of carbonyl (C=O) groups is 2. The van der Waals surface area contributed by atoms with E-state index in [0.29, 0.717) is 17.5 Å². The Balaban J connectivity index is 1.36. The van der Waals surface area contributed by atoms with Gasteiger partial charge in [-0.2, -0.15) is 4.98 Å². The number of ether oxygens (including phenoxy) is 1. The van der Waals surface area contributed by atoms with Crippen LogP contribution in [0.5, 0.6) is 5.75 Å². The van der Waals surface area contributed by atoms with E-state index in [1.54, 1.807) is 33.3 Å². The number of para-hydroxylation sites is 1. The van der Waals surface area contributed by atoms with Crippen molar-refractivity contribution < 1.29 is 14.3 Å². The molecule has 0 saturated carbocycles. The van der Waals surface area contributed by atoms with E-state index in [9.17, 15) is 9.59 Å². The standard InChI is InChI=1S/C32H37N7O3/c1-37(2)31(41)27(19-21-9-11-22(12-10-21)24-7-5-6-8-28(24)42-4)34-30(40)23-13-14-25-26(20-23)35-32(33)36-29(25)39-17-15-38(3)16-18-39/h5-14,20,27H,15-19H2,1-4H3,(H,34,40)(H2,33,35,36). The van der Waals surface area contributed by atoms with Crippen LogP contribution in [0.3, 0.4) is 0 Å². The molecule has 0 radical (unpaired) electrons. The lowest BCUT2D eigenvalue weighted by molar-refractivity contribution is -0.130. The zero-order valence-corrected chi connectivity index (χ0v) is 24.5. The lowest BCUT2D eigenvalue weighted by Crippen LogP contribution is -2.47. The van der Waals surface area contributed by atoms with Gasteiger partial charge < -0.3 is 30.5 Å². The summed E-state index contributed by atoms with van der Waals surface area (Å²) < 4.78 is 5.50. The number of nitrogens with two attached hydrogens (primary N) is 1. The number of nitrogen functional groups attached to an aromatic ring is 1. The van der Waals surface area contributed by atoms with Crippen LogP contribution in [-0.2, 0) is 11.2 Å². The summed E-state index contributed by atoms with van der Waals surface area (Å²) in [6, 6.07) is 20.3. The molecule has 10 heteroatoms. The van der Waals surface area contributed by atoms with Gasteiger partial charge in [-0.05, 0) is 42.4 Å². The number of methoxy groups -OCH3 is 1. The van der Waals surface area contributed by atoms with Crippen LogP contribution in [0.15, 0.2) is 66.7 Å². The number of fused-ring (bicyclic) bond motifs is 1. The quantitative estimate of drug-likeness (QED) is 0.334. The maximum absolute atomic E-state index is 13.4. The Morgan fingerprint density at radius 3 is 2.40 bits per heavy atom. The first-order valence-corrected chi connectivity index (χ1v) is 14.0. The number of hydrogen-bond donors (Lipinski definition) is 2. The summed E-state index contributed by atoms with van der Waals surface area (Å²) in [6.07, 6.45) is 0.339. The summed E-state index contributed by atoms with van der Waals surface area (Å²) in [5, 5.41) is 3.78. The van der Waals surface area contributed by atoms with Gasteiger partial charge in [-0.15, -0.1) is 0 Å². The molecule has 218 valence electrons. The van der Waals surface area contributed by atoms with Gasteiger partial charge in [0.25, 0.3) is 5.91 Å². The minimum absolute atomic E-state index is 0.159. The van der Waals surface area contributed by atoms with Crippen molar-refractivity contribution in [2.24, 2.45) is 0 Å². The summed E-state index contributed by atoms with van der Waals surface area (Å²) in [4.78, 5) is 41.5. The van der Waals surface area contributed by atoms with Crippen molar-refractivity contribution in [3.8, 4) is 16.9 Å². The topological polar surface area (TPSA) is 117 Å². The fourth-order valence-electron chi connectivity index (χ4n) is 5.22. The van der Waals surface area contributed by atoms with Gasteiger partial charge in [-0.3, -0.25) is 9.59 Å². The highest BCUT2D eigenvalue weighted by atomic mass is 16.5. The van der Waals surface area contributed by atoms with Crippen LogP contribution in [0.25, 0.3) is 22.0 Å². The molecule has 0 spiro atoms. The van der Waals surface area contributed by atoms with Gasteiger partial charge in [0.2, 0.25) is 11.9 Å². The fraction of sp³-hybridized carbons (Fsp3) is 0.312. The van der Waals surface area contributed by atoms with Crippen LogP contribution in [0.2, 0.25) is 0 Å². The van der Waals surface area contributed by atoms with Crippen LogP contribution in [0.4, 0.5) is 11.8 Å². The molecular formula is C32H37N7O3. The number of anilines is 2. The molecule has 1 atom stereocenters. The number of benzene rings is 3. The van der Waals surface area contributed by atoms with Gasteiger partial charge in [0, 0.05) is 63.2 Å². The van der Waals surface area contributed by atoms with Crippen LogP contribution in [0, 0.1) is 0 Å². The van der Waals surface area contributed by atoms with Crippen molar-refractivity contribution >= 4 is 34.5 Å². The molecule has 3 N–H and O–H groups in total. The maximum Gasteiger partial charge on any atom is 0.252 e. The monoisotopic (exact) mass is 567 g/mol. The molecule has 2 amide bonds. The third kappa shape index (κ3) is 6.28. The minimum atomic E-state index is -0.753. The van der Waals surface area contributed by atoms with Crippen LogP contribution in [-0.4, -0.2) is 92.1 Å². The number of amides is 2. The Labute approximate surface area is 246 Å². The first kappa shape index (κ1) is 28.8. The summed E-state index contributed by atoms with van der Waals surface area (Å²) in [7, 11) is 7.11. The molecule has 1 aliphatic heterocycles. The van der Waals surface area contributed by atoms with E-state index < -0.39 is 6.04 Å². The Morgan fingerprint density at radius 1 is 1.00 bits per heavy atom. The second-order valence-corrected chi connectivity index (χ2v) is 10.8. The number of rotatable bonds is 8. The summed E-state index contributed by atoms with van der Waals surface area (Å²) in [5.41, 5.74) is 9.97. The summed E-state index contributed by atoms with van der Waals surface area (Å²) >= 11 is 0. The fourth-order valence-corrected chi connectivity index (χ4v) is 5.22. The highest BCUT2D eigenvalue weighted by Crippen LogP contribution is 2.30. The van der Waals surface area contributed by atoms with Crippen LogP contribution < -0.4 is 20.7 Å².